The number of hydrogen-bond acceptors (Lipinski definition) is 2. The Hall–Kier alpha value is -1.84. The molecule has 0 saturated heterocycles. The first-order chi connectivity index (χ1) is 9.44. The van der Waals surface area contributed by atoms with Crippen LogP contribution < -0.4 is 5.32 Å². The molecule has 1 fully saturated rings. The molecular formula is C16H21NO3. The van der Waals surface area contributed by atoms with Crippen molar-refractivity contribution in [1.82, 2.24) is 5.32 Å². The Balaban J connectivity index is 2.23. The molecule has 20 heavy (non-hydrogen) atoms. The number of carboxylic acid groups (broad SMARTS) is 1. The van der Waals surface area contributed by atoms with Gasteiger partial charge < -0.3 is 10.4 Å². The number of benzene rings is 1. The maximum Gasteiger partial charge on any atom is 0.329 e. The number of aryl methyl sites for hydroxylation is 1. The summed E-state index contributed by atoms with van der Waals surface area (Å²) in [7, 11) is 0. The average molecular weight is 275 g/mol. The fraction of sp³-hybridized carbons (Fsp3) is 0.500. The molecule has 0 aromatic heterocycles. The zero-order valence-electron chi connectivity index (χ0n) is 12.0. The van der Waals surface area contributed by atoms with Gasteiger partial charge in [0.05, 0.1) is 0 Å². The van der Waals surface area contributed by atoms with Crippen LogP contribution in [0.1, 0.15) is 48.5 Å². The molecule has 4 heteroatoms. The molecule has 1 aromatic rings. The van der Waals surface area contributed by atoms with Gasteiger partial charge >= 0.3 is 5.97 Å². The van der Waals surface area contributed by atoms with Crippen LogP contribution in [-0.4, -0.2) is 22.5 Å². The van der Waals surface area contributed by atoms with Gasteiger partial charge in [0.25, 0.3) is 5.91 Å². The van der Waals surface area contributed by atoms with Gasteiger partial charge in [-0.05, 0) is 37.3 Å². The first-order valence-electron chi connectivity index (χ1n) is 7.06. The molecule has 0 bridgehead atoms. The summed E-state index contributed by atoms with van der Waals surface area (Å²) in [6.07, 6.45) is 2.86. The third-order valence-electron chi connectivity index (χ3n) is 4.15. The minimum absolute atomic E-state index is 0.292. The summed E-state index contributed by atoms with van der Waals surface area (Å²) < 4.78 is 0. The minimum Gasteiger partial charge on any atom is -0.480 e. The van der Waals surface area contributed by atoms with Gasteiger partial charge in [0.15, 0.2) is 0 Å². The number of hydrogen-bond donors (Lipinski definition) is 2. The van der Waals surface area contributed by atoms with Crippen LogP contribution in [0.15, 0.2) is 24.3 Å². The molecular weight excluding hydrogens is 254 g/mol. The molecule has 1 aliphatic rings. The van der Waals surface area contributed by atoms with Crippen molar-refractivity contribution in [3.8, 4) is 0 Å². The van der Waals surface area contributed by atoms with Crippen molar-refractivity contribution in [1.29, 1.82) is 0 Å². The normalized spacial score (nSPS) is 26.0. The van der Waals surface area contributed by atoms with E-state index in [9.17, 15) is 14.7 Å². The van der Waals surface area contributed by atoms with Gasteiger partial charge in [-0.1, -0.05) is 38.0 Å². The van der Waals surface area contributed by atoms with Crippen LogP contribution in [0.4, 0.5) is 0 Å². The molecule has 1 aliphatic carbocycles. The van der Waals surface area contributed by atoms with E-state index in [1.807, 2.05) is 26.0 Å². The van der Waals surface area contributed by atoms with E-state index in [2.05, 4.69) is 5.32 Å². The lowest BCUT2D eigenvalue weighted by atomic mass is 9.76. The van der Waals surface area contributed by atoms with Gasteiger partial charge in [-0.2, -0.15) is 0 Å². The lowest BCUT2D eigenvalue weighted by Crippen LogP contribution is -2.56. The second-order valence-electron chi connectivity index (χ2n) is 5.86. The molecule has 2 rings (SSSR count). The van der Waals surface area contributed by atoms with Crippen LogP contribution in [-0.2, 0) is 4.79 Å². The molecule has 2 N–H and O–H groups in total. The lowest BCUT2D eigenvalue weighted by molar-refractivity contribution is -0.146. The summed E-state index contributed by atoms with van der Waals surface area (Å²) in [6.45, 7) is 3.89. The van der Waals surface area contributed by atoms with Crippen LogP contribution in [0.2, 0.25) is 0 Å². The number of aliphatic carboxylic acids is 1. The topological polar surface area (TPSA) is 66.4 Å². The van der Waals surface area contributed by atoms with E-state index < -0.39 is 11.5 Å². The second kappa shape index (κ2) is 5.65. The second-order valence-corrected chi connectivity index (χ2v) is 5.86. The average Bonchev–Trinajstić information content (AvgIpc) is 2.38. The molecule has 0 radical (unpaired) electrons. The number of carbonyl (C=O) groups is 2. The summed E-state index contributed by atoms with van der Waals surface area (Å²) in [6, 6.07) is 7.24. The fourth-order valence-electron chi connectivity index (χ4n) is 3.02. The van der Waals surface area contributed by atoms with Crippen molar-refractivity contribution < 1.29 is 14.7 Å². The van der Waals surface area contributed by atoms with E-state index in [1.54, 1.807) is 12.1 Å². The highest BCUT2D eigenvalue weighted by Crippen LogP contribution is 2.33. The molecule has 108 valence electrons. The number of nitrogens with one attached hydrogen (secondary N) is 1. The Morgan fingerprint density at radius 3 is 2.65 bits per heavy atom. The number of carbonyl (C=O) groups excluding carboxylic acids is 1. The SMILES string of the molecule is Cc1ccccc1C(=O)NC1(C(=O)O)CCCC(C)C1. The Morgan fingerprint density at radius 2 is 2.05 bits per heavy atom. The van der Waals surface area contributed by atoms with E-state index in [1.165, 1.54) is 0 Å². The number of rotatable bonds is 3. The Bertz CT molecular complexity index is 526. The molecule has 1 saturated carbocycles. The standard InChI is InChI=1S/C16H21NO3/c1-11-6-5-9-16(10-11,15(19)20)17-14(18)13-8-4-3-7-12(13)2/h3-4,7-8,11H,5-6,9-10H2,1-2H3,(H,17,18)(H,19,20). The smallest absolute Gasteiger partial charge is 0.329 e. The maximum absolute atomic E-state index is 12.4. The summed E-state index contributed by atoms with van der Waals surface area (Å²) >= 11 is 0. The maximum atomic E-state index is 12.4. The first-order valence-corrected chi connectivity index (χ1v) is 7.06. The summed E-state index contributed by atoms with van der Waals surface area (Å²) in [5, 5.41) is 12.3. The zero-order valence-corrected chi connectivity index (χ0v) is 12.0. The predicted octanol–water partition coefficient (Wildman–Crippen LogP) is 2.76. The Kier molecular flexibility index (Phi) is 4.12. The van der Waals surface area contributed by atoms with Crippen molar-refractivity contribution in [2.24, 2.45) is 5.92 Å². The van der Waals surface area contributed by atoms with E-state index in [0.29, 0.717) is 24.3 Å². The summed E-state index contributed by atoms with van der Waals surface area (Å²) in [4.78, 5) is 24.0. The molecule has 4 nitrogen and oxygen atoms in total. The van der Waals surface area contributed by atoms with E-state index in [-0.39, 0.29) is 5.91 Å². The van der Waals surface area contributed by atoms with Gasteiger partial charge in [0.1, 0.15) is 5.54 Å². The van der Waals surface area contributed by atoms with Crippen molar-refractivity contribution in [2.45, 2.75) is 45.1 Å². The van der Waals surface area contributed by atoms with Crippen molar-refractivity contribution in [3.05, 3.63) is 35.4 Å². The van der Waals surface area contributed by atoms with Crippen molar-refractivity contribution >= 4 is 11.9 Å². The highest BCUT2D eigenvalue weighted by atomic mass is 16.4. The third-order valence-corrected chi connectivity index (χ3v) is 4.15. The van der Waals surface area contributed by atoms with Gasteiger partial charge in [-0.3, -0.25) is 4.79 Å². The molecule has 0 spiro atoms. The lowest BCUT2D eigenvalue weighted by Gasteiger charge is -2.37. The molecule has 1 aromatic carbocycles. The quantitative estimate of drug-likeness (QED) is 0.891. The fourth-order valence-corrected chi connectivity index (χ4v) is 3.02. The highest BCUT2D eigenvalue weighted by Gasteiger charge is 2.43. The summed E-state index contributed by atoms with van der Waals surface area (Å²) in [5.74, 6) is -0.900. The van der Waals surface area contributed by atoms with E-state index in [0.717, 1.165) is 18.4 Å². The molecule has 0 aliphatic heterocycles. The molecule has 2 atom stereocenters. The zero-order chi connectivity index (χ0) is 14.8. The van der Waals surface area contributed by atoms with E-state index in [4.69, 9.17) is 0 Å². The molecule has 1 amide bonds. The van der Waals surface area contributed by atoms with Crippen LogP contribution in [0, 0.1) is 12.8 Å². The van der Waals surface area contributed by atoms with Crippen LogP contribution >= 0.6 is 0 Å². The van der Waals surface area contributed by atoms with Crippen LogP contribution in [0.25, 0.3) is 0 Å². The summed E-state index contributed by atoms with van der Waals surface area (Å²) in [5.41, 5.74) is 0.289. The van der Waals surface area contributed by atoms with Crippen molar-refractivity contribution in [3.63, 3.8) is 0 Å². The number of carboxylic acids is 1. The third kappa shape index (κ3) is 2.84. The van der Waals surface area contributed by atoms with Gasteiger partial charge in [0, 0.05) is 5.56 Å². The predicted molar refractivity (Wildman–Crippen MR) is 76.6 cm³/mol. The minimum atomic E-state index is -1.11. The Labute approximate surface area is 119 Å². The monoisotopic (exact) mass is 275 g/mol. The van der Waals surface area contributed by atoms with E-state index >= 15 is 0 Å². The Morgan fingerprint density at radius 1 is 1.35 bits per heavy atom. The molecule has 2 unspecified atom stereocenters. The largest absolute Gasteiger partial charge is 0.480 e. The molecule has 0 heterocycles. The van der Waals surface area contributed by atoms with Gasteiger partial charge in [-0.25, -0.2) is 4.79 Å². The first kappa shape index (κ1) is 14.6. The van der Waals surface area contributed by atoms with Crippen molar-refractivity contribution in [2.75, 3.05) is 0 Å². The highest BCUT2D eigenvalue weighted by molar-refractivity contribution is 5.99. The van der Waals surface area contributed by atoms with Crippen LogP contribution in [0.5, 0.6) is 0 Å². The number of amides is 1. The van der Waals surface area contributed by atoms with Gasteiger partial charge in [-0.15, -0.1) is 0 Å². The van der Waals surface area contributed by atoms with Gasteiger partial charge in [0.2, 0.25) is 0 Å². The van der Waals surface area contributed by atoms with Crippen LogP contribution in [0.3, 0.4) is 0 Å².